The van der Waals surface area contributed by atoms with Gasteiger partial charge in [-0.1, -0.05) is 37.5 Å². The zero-order valence-corrected chi connectivity index (χ0v) is 13.5. The highest BCUT2D eigenvalue weighted by Crippen LogP contribution is 2.31. The van der Waals surface area contributed by atoms with Crippen LogP contribution < -0.4 is 10.6 Å². The first-order valence-electron chi connectivity index (χ1n) is 8.05. The zero-order chi connectivity index (χ0) is 14.7. The lowest BCUT2D eigenvalue weighted by Gasteiger charge is -2.37. The molecule has 2 heteroatoms. The molecule has 2 N–H and O–H groups in total. The van der Waals surface area contributed by atoms with E-state index < -0.39 is 0 Å². The standard InChI is InChI=1S/C18H30N2/c1-13-6-5-7-17(11-13)20(4)18-9-8-14(2)10-16(18)12-15(3)19/h8-10,13,15,17H,5-7,11-12,19H2,1-4H3. The Morgan fingerprint density at radius 2 is 2.10 bits per heavy atom. The van der Waals surface area contributed by atoms with E-state index >= 15 is 0 Å². The van der Waals surface area contributed by atoms with Crippen LogP contribution in [0, 0.1) is 12.8 Å². The van der Waals surface area contributed by atoms with Gasteiger partial charge in [0, 0.05) is 24.8 Å². The molecule has 1 aromatic rings. The topological polar surface area (TPSA) is 29.3 Å². The van der Waals surface area contributed by atoms with Crippen LogP contribution in [0.2, 0.25) is 0 Å². The Balaban J connectivity index is 2.21. The van der Waals surface area contributed by atoms with E-state index in [1.54, 1.807) is 0 Å². The molecule has 1 aliphatic carbocycles. The quantitative estimate of drug-likeness (QED) is 0.902. The van der Waals surface area contributed by atoms with Crippen molar-refractivity contribution in [2.75, 3.05) is 11.9 Å². The van der Waals surface area contributed by atoms with Crippen LogP contribution in [0.4, 0.5) is 5.69 Å². The summed E-state index contributed by atoms with van der Waals surface area (Å²) < 4.78 is 0. The van der Waals surface area contributed by atoms with E-state index in [1.807, 2.05) is 0 Å². The maximum absolute atomic E-state index is 6.03. The fourth-order valence-corrected chi connectivity index (χ4v) is 3.52. The van der Waals surface area contributed by atoms with E-state index in [0.29, 0.717) is 6.04 Å². The first kappa shape index (κ1) is 15.4. The summed E-state index contributed by atoms with van der Waals surface area (Å²) in [5.41, 5.74) is 10.1. The van der Waals surface area contributed by atoms with Gasteiger partial charge in [0.05, 0.1) is 0 Å². The van der Waals surface area contributed by atoms with Gasteiger partial charge in [-0.05, 0) is 50.7 Å². The molecule has 0 aromatic heterocycles. The molecule has 0 spiro atoms. The van der Waals surface area contributed by atoms with E-state index in [0.717, 1.165) is 12.3 Å². The fourth-order valence-electron chi connectivity index (χ4n) is 3.52. The van der Waals surface area contributed by atoms with Crippen LogP contribution in [0.1, 0.15) is 50.7 Å². The van der Waals surface area contributed by atoms with E-state index in [4.69, 9.17) is 5.73 Å². The molecule has 0 saturated heterocycles. The third kappa shape index (κ3) is 3.76. The molecule has 0 bridgehead atoms. The summed E-state index contributed by atoms with van der Waals surface area (Å²) in [7, 11) is 2.26. The number of benzene rings is 1. The number of aryl methyl sites for hydroxylation is 1. The molecule has 1 saturated carbocycles. The molecular weight excluding hydrogens is 244 g/mol. The Kier molecular flexibility index (Phi) is 5.09. The molecule has 0 radical (unpaired) electrons. The van der Waals surface area contributed by atoms with E-state index in [1.165, 1.54) is 42.5 Å². The molecule has 0 aliphatic heterocycles. The van der Waals surface area contributed by atoms with Gasteiger partial charge in [-0.15, -0.1) is 0 Å². The van der Waals surface area contributed by atoms with Crippen LogP contribution >= 0.6 is 0 Å². The number of anilines is 1. The van der Waals surface area contributed by atoms with Gasteiger partial charge in [-0.25, -0.2) is 0 Å². The Morgan fingerprint density at radius 1 is 1.35 bits per heavy atom. The maximum atomic E-state index is 6.03. The second-order valence-electron chi connectivity index (χ2n) is 6.85. The van der Waals surface area contributed by atoms with Crippen molar-refractivity contribution in [3.05, 3.63) is 29.3 Å². The number of nitrogens with two attached hydrogens (primary N) is 1. The molecule has 1 fully saturated rings. The van der Waals surface area contributed by atoms with Crippen LogP contribution in [0.5, 0.6) is 0 Å². The number of hydrogen-bond acceptors (Lipinski definition) is 2. The van der Waals surface area contributed by atoms with Gasteiger partial charge in [0.25, 0.3) is 0 Å². The first-order chi connectivity index (χ1) is 9.47. The summed E-state index contributed by atoms with van der Waals surface area (Å²) in [6.07, 6.45) is 6.37. The third-order valence-corrected chi connectivity index (χ3v) is 4.61. The van der Waals surface area contributed by atoms with Crippen molar-refractivity contribution in [3.63, 3.8) is 0 Å². The average molecular weight is 274 g/mol. The Bertz CT molecular complexity index is 439. The monoisotopic (exact) mass is 274 g/mol. The highest BCUT2D eigenvalue weighted by atomic mass is 15.1. The van der Waals surface area contributed by atoms with Crippen molar-refractivity contribution in [2.45, 2.75) is 65.0 Å². The summed E-state index contributed by atoms with van der Waals surface area (Å²) >= 11 is 0. The molecule has 112 valence electrons. The highest BCUT2D eigenvalue weighted by Gasteiger charge is 2.23. The van der Waals surface area contributed by atoms with Crippen molar-refractivity contribution in [2.24, 2.45) is 11.7 Å². The van der Waals surface area contributed by atoms with Gasteiger partial charge < -0.3 is 10.6 Å². The molecule has 2 nitrogen and oxygen atoms in total. The SMILES string of the molecule is Cc1ccc(N(C)C2CCCC(C)C2)c(CC(C)N)c1. The maximum Gasteiger partial charge on any atom is 0.0399 e. The average Bonchev–Trinajstić information content (AvgIpc) is 2.37. The molecule has 3 unspecified atom stereocenters. The van der Waals surface area contributed by atoms with Crippen molar-refractivity contribution < 1.29 is 0 Å². The van der Waals surface area contributed by atoms with Crippen LogP contribution in [0.3, 0.4) is 0 Å². The summed E-state index contributed by atoms with van der Waals surface area (Å²) in [4.78, 5) is 2.51. The molecule has 0 heterocycles. The second kappa shape index (κ2) is 6.62. The predicted molar refractivity (Wildman–Crippen MR) is 88.4 cm³/mol. The largest absolute Gasteiger partial charge is 0.371 e. The highest BCUT2D eigenvalue weighted by molar-refractivity contribution is 5.55. The van der Waals surface area contributed by atoms with Gasteiger partial charge in [0.1, 0.15) is 0 Å². The van der Waals surface area contributed by atoms with Crippen LogP contribution in [0.15, 0.2) is 18.2 Å². The minimum absolute atomic E-state index is 0.217. The Morgan fingerprint density at radius 3 is 2.75 bits per heavy atom. The van der Waals surface area contributed by atoms with Gasteiger partial charge in [-0.3, -0.25) is 0 Å². The van der Waals surface area contributed by atoms with E-state index in [-0.39, 0.29) is 6.04 Å². The van der Waals surface area contributed by atoms with Gasteiger partial charge in [0.15, 0.2) is 0 Å². The van der Waals surface area contributed by atoms with Crippen molar-refractivity contribution in [1.82, 2.24) is 0 Å². The number of hydrogen-bond donors (Lipinski definition) is 1. The van der Waals surface area contributed by atoms with Crippen molar-refractivity contribution >= 4 is 5.69 Å². The summed E-state index contributed by atoms with van der Waals surface area (Å²) in [5, 5.41) is 0. The van der Waals surface area contributed by atoms with Crippen molar-refractivity contribution in [1.29, 1.82) is 0 Å². The van der Waals surface area contributed by atoms with Crippen LogP contribution in [0.25, 0.3) is 0 Å². The normalized spacial score (nSPS) is 24.4. The Hall–Kier alpha value is -1.02. The molecule has 20 heavy (non-hydrogen) atoms. The van der Waals surface area contributed by atoms with Crippen LogP contribution in [-0.4, -0.2) is 19.1 Å². The van der Waals surface area contributed by atoms with Gasteiger partial charge in [-0.2, -0.15) is 0 Å². The zero-order valence-electron chi connectivity index (χ0n) is 13.5. The van der Waals surface area contributed by atoms with E-state index in [2.05, 4.69) is 50.9 Å². The van der Waals surface area contributed by atoms with Gasteiger partial charge >= 0.3 is 0 Å². The molecule has 2 rings (SSSR count). The third-order valence-electron chi connectivity index (χ3n) is 4.61. The second-order valence-corrected chi connectivity index (χ2v) is 6.85. The minimum atomic E-state index is 0.217. The molecule has 1 aliphatic rings. The smallest absolute Gasteiger partial charge is 0.0399 e. The minimum Gasteiger partial charge on any atom is -0.371 e. The van der Waals surface area contributed by atoms with Gasteiger partial charge in [0.2, 0.25) is 0 Å². The van der Waals surface area contributed by atoms with E-state index in [9.17, 15) is 0 Å². The molecular formula is C18H30N2. The summed E-state index contributed by atoms with van der Waals surface area (Å²) in [6, 6.07) is 7.72. The fraction of sp³-hybridized carbons (Fsp3) is 0.667. The molecule has 1 aromatic carbocycles. The summed E-state index contributed by atoms with van der Waals surface area (Å²) in [6.45, 7) is 6.64. The Labute approximate surface area is 124 Å². The predicted octanol–water partition coefficient (Wildman–Crippen LogP) is 3.90. The number of rotatable bonds is 4. The lowest BCUT2D eigenvalue weighted by atomic mass is 9.86. The first-order valence-corrected chi connectivity index (χ1v) is 8.05. The lowest BCUT2D eigenvalue weighted by molar-refractivity contribution is 0.336. The molecule has 3 atom stereocenters. The van der Waals surface area contributed by atoms with Crippen molar-refractivity contribution in [3.8, 4) is 0 Å². The summed E-state index contributed by atoms with van der Waals surface area (Å²) in [5.74, 6) is 0.860. The number of nitrogens with zero attached hydrogens (tertiary/aromatic N) is 1. The van der Waals surface area contributed by atoms with Crippen LogP contribution in [-0.2, 0) is 6.42 Å². The lowest BCUT2D eigenvalue weighted by Crippen LogP contribution is -2.36. The molecule has 0 amide bonds.